The molecule has 8 heavy (non-hydrogen) atoms. The Morgan fingerprint density at radius 3 is 3.00 bits per heavy atom. The number of aliphatic hydroxyl groups excluding tert-OH is 1. The first-order valence-corrected chi connectivity index (χ1v) is 2.56. The highest BCUT2D eigenvalue weighted by Crippen LogP contribution is 1.97. The van der Waals surface area contributed by atoms with E-state index >= 15 is 0 Å². The van der Waals surface area contributed by atoms with Gasteiger partial charge in [-0.15, -0.1) is 0 Å². The lowest BCUT2D eigenvalue weighted by molar-refractivity contribution is -0.118. The standard InChI is InChI=1S/C4H7BNO2/c7-2-3-4(8)1-5-6-3/h3,6-7H,1-2H2/t3-/m0/s1. The minimum Gasteiger partial charge on any atom is -0.394 e. The Balaban J connectivity index is 2.42. The fraction of sp³-hybridized carbons (Fsp3) is 0.750. The molecule has 0 unspecified atom stereocenters. The zero-order valence-corrected chi connectivity index (χ0v) is 4.42. The lowest BCUT2D eigenvalue weighted by Crippen LogP contribution is -2.31. The molecular weight excluding hydrogens is 105 g/mol. The van der Waals surface area contributed by atoms with Crippen molar-refractivity contribution >= 4 is 13.2 Å². The molecule has 0 aromatic rings. The molecule has 43 valence electrons. The Kier molecular flexibility index (Phi) is 1.65. The van der Waals surface area contributed by atoms with Crippen molar-refractivity contribution in [1.29, 1.82) is 0 Å². The quantitative estimate of drug-likeness (QED) is 0.408. The van der Waals surface area contributed by atoms with Crippen LogP contribution in [-0.2, 0) is 4.79 Å². The van der Waals surface area contributed by atoms with Gasteiger partial charge in [0.15, 0.2) is 0 Å². The fourth-order valence-electron chi connectivity index (χ4n) is 0.692. The summed E-state index contributed by atoms with van der Waals surface area (Å²) >= 11 is 0. The van der Waals surface area contributed by atoms with E-state index in [1.54, 1.807) is 7.41 Å². The minimum absolute atomic E-state index is 0.0764. The monoisotopic (exact) mass is 112 g/mol. The van der Waals surface area contributed by atoms with E-state index in [1.807, 2.05) is 0 Å². The van der Waals surface area contributed by atoms with E-state index in [-0.39, 0.29) is 18.4 Å². The molecule has 1 heterocycles. The zero-order valence-electron chi connectivity index (χ0n) is 4.42. The van der Waals surface area contributed by atoms with E-state index in [2.05, 4.69) is 5.23 Å². The fourth-order valence-corrected chi connectivity index (χ4v) is 0.692. The van der Waals surface area contributed by atoms with Crippen LogP contribution in [0.15, 0.2) is 0 Å². The van der Waals surface area contributed by atoms with Crippen LogP contribution >= 0.6 is 0 Å². The molecule has 1 saturated heterocycles. The predicted molar refractivity (Wildman–Crippen MR) is 29.6 cm³/mol. The minimum atomic E-state index is -0.324. The van der Waals surface area contributed by atoms with Crippen molar-refractivity contribution in [3.63, 3.8) is 0 Å². The first-order valence-electron chi connectivity index (χ1n) is 2.56. The number of carbonyl (C=O) groups excluding carboxylic acids is 1. The number of aliphatic hydroxyl groups is 1. The largest absolute Gasteiger partial charge is 0.394 e. The summed E-state index contributed by atoms with van der Waals surface area (Å²) in [5.74, 6) is 0.0764. The average Bonchev–Trinajstić information content (AvgIpc) is 2.14. The maximum Gasteiger partial charge on any atom is 0.213 e. The van der Waals surface area contributed by atoms with Gasteiger partial charge in [-0.1, -0.05) is 0 Å². The summed E-state index contributed by atoms with van der Waals surface area (Å²) in [7, 11) is 1.67. The molecule has 1 aliphatic rings. The first kappa shape index (κ1) is 5.79. The first-order chi connectivity index (χ1) is 3.84. The second-order valence-electron chi connectivity index (χ2n) is 1.78. The van der Waals surface area contributed by atoms with Gasteiger partial charge in [0.25, 0.3) is 0 Å². The van der Waals surface area contributed by atoms with Crippen LogP contribution in [0, 0.1) is 0 Å². The van der Waals surface area contributed by atoms with Gasteiger partial charge in [0.1, 0.15) is 5.78 Å². The molecule has 0 bridgehead atoms. The van der Waals surface area contributed by atoms with Crippen molar-refractivity contribution in [2.45, 2.75) is 12.4 Å². The van der Waals surface area contributed by atoms with Crippen LogP contribution in [0.3, 0.4) is 0 Å². The van der Waals surface area contributed by atoms with Crippen LogP contribution in [0.25, 0.3) is 0 Å². The van der Waals surface area contributed by atoms with Crippen molar-refractivity contribution in [2.24, 2.45) is 0 Å². The highest BCUT2D eigenvalue weighted by atomic mass is 16.3. The van der Waals surface area contributed by atoms with E-state index < -0.39 is 0 Å². The lowest BCUT2D eigenvalue weighted by atomic mass is 9.93. The number of rotatable bonds is 1. The summed E-state index contributed by atoms with van der Waals surface area (Å²) in [4.78, 5) is 10.6. The Morgan fingerprint density at radius 2 is 2.75 bits per heavy atom. The third kappa shape index (κ3) is 0.902. The summed E-state index contributed by atoms with van der Waals surface area (Å²) in [6, 6.07) is -0.324. The summed E-state index contributed by atoms with van der Waals surface area (Å²) in [6.07, 6.45) is 0.450. The smallest absolute Gasteiger partial charge is 0.213 e. The maximum atomic E-state index is 10.6. The molecule has 3 nitrogen and oxygen atoms in total. The molecule has 1 radical (unpaired) electrons. The lowest BCUT2D eigenvalue weighted by Gasteiger charge is -2.01. The molecule has 0 amide bonds. The SMILES string of the molecule is O=C1C[B]N[C@H]1CO. The van der Waals surface area contributed by atoms with E-state index in [9.17, 15) is 4.79 Å². The summed E-state index contributed by atoms with van der Waals surface area (Å²) in [5.41, 5.74) is 0. The number of ketones is 1. The van der Waals surface area contributed by atoms with Crippen LogP contribution in [0.5, 0.6) is 0 Å². The molecule has 1 fully saturated rings. The Hall–Kier alpha value is -0.345. The maximum absolute atomic E-state index is 10.6. The predicted octanol–water partition coefficient (Wildman–Crippen LogP) is -1.44. The Labute approximate surface area is 48.3 Å². The molecule has 0 aromatic heterocycles. The molecule has 0 aromatic carbocycles. The van der Waals surface area contributed by atoms with Crippen molar-refractivity contribution in [1.82, 2.24) is 5.23 Å². The number of Topliss-reactive ketones (excluding diaryl/α,β-unsaturated/α-hetero) is 1. The normalized spacial score (nSPS) is 28.1. The molecule has 1 rings (SSSR count). The topological polar surface area (TPSA) is 49.3 Å². The molecule has 0 saturated carbocycles. The summed E-state index contributed by atoms with van der Waals surface area (Å²) in [5, 5.41) is 11.2. The van der Waals surface area contributed by atoms with Crippen molar-refractivity contribution < 1.29 is 9.90 Å². The van der Waals surface area contributed by atoms with Gasteiger partial charge in [-0.05, 0) is 6.32 Å². The molecule has 0 spiro atoms. The highest BCUT2D eigenvalue weighted by molar-refractivity contribution is 6.43. The zero-order chi connectivity index (χ0) is 5.98. The molecule has 1 aliphatic heterocycles. The molecule has 0 aliphatic carbocycles. The van der Waals surface area contributed by atoms with E-state index in [0.717, 1.165) is 0 Å². The van der Waals surface area contributed by atoms with Crippen LogP contribution < -0.4 is 5.23 Å². The van der Waals surface area contributed by atoms with Gasteiger partial charge in [0.05, 0.1) is 12.6 Å². The second kappa shape index (κ2) is 2.28. The summed E-state index contributed by atoms with van der Waals surface area (Å²) < 4.78 is 0. The molecular formula is C4H7BNO2. The van der Waals surface area contributed by atoms with Crippen molar-refractivity contribution in [3.8, 4) is 0 Å². The molecule has 4 heteroatoms. The number of hydrogen-bond acceptors (Lipinski definition) is 3. The number of carbonyl (C=O) groups is 1. The molecule has 1 atom stereocenters. The average molecular weight is 112 g/mol. The number of hydrogen-bond donors (Lipinski definition) is 2. The van der Waals surface area contributed by atoms with E-state index in [4.69, 9.17) is 5.11 Å². The van der Waals surface area contributed by atoms with Gasteiger partial charge < -0.3 is 10.3 Å². The molecule has 2 N–H and O–H groups in total. The second-order valence-corrected chi connectivity index (χ2v) is 1.78. The van der Waals surface area contributed by atoms with Crippen LogP contribution in [0.1, 0.15) is 0 Å². The summed E-state index contributed by atoms with van der Waals surface area (Å²) in [6.45, 7) is -0.0880. The Morgan fingerprint density at radius 1 is 2.00 bits per heavy atom. The van der Waals surface area contributed by atoms with E-state index in [1.165, 1.54) is 0 Å². The number of nitrogens with one attached hydrogen (secondary N) is 1. The van der Waals surface area contributed by atoms with E-state index in [0.29, 0.717) is 6.32 Å². The third-order valence-electron chi connectivity index (χ3n) is 1.19. The van der Waals surface area contributed by atoms with Gasteiger partial charge in [-0.2, -0.15) is 0 Å². The van der Waals surface area contributed by atoms with Gasteiger partial charge >= 0.3 is 0 Å². The van der Waals surface area contributed by atoms with Gasteiger partial charge in [0, 0.05) is 0 Å². The highest BCUT2D eigenvalue weighted by Gasteiger charge is 2.22. The van der Waals surface area contributed by atoms with Gasteiger partial charge in [-0.25, -0.2) is 0 Å². The van der Waals surface area contributed by atoms with Gasteiger partial charge in [-0.3, -0.25) is 4.79 Å². The van der Waals surface area contributed by atoms with Crippen LogP contribution in [0.4, 0.5) is 0 Å². The van der Waals surface area contributed by atoms with Crippen molar-refractivity contribution in [3.05, 3.63) is 0 Å². The van der Waals surface area contributed by atoms with Crippen molar-refractivity contribution in [2.75, 3.05) is 6.61 Å². The van der Waals surface area contributed by atoms with Crippen LogP contribution in [-0.4, -0.2) is 31.0 Å². The van der Waals surface area contributed by atoms with Crippen LogP contribution in [0.2, 0.25) is 6.32 Å². The Bertz CT molecular complexity index is 106. The third-order valence-corrected chi connectivity index (χ3v) is 1.19. The van der Waals surface area contributed by atoms with Gasteiger partial charge in [0.2, 0.25) is 7.41 Å².